The molecule has 1 aliphatic rings. The third-order valence-corrected chi connectivity index (χ3v) is 5.48. The average Bonchev–Trinajstić information content (AvgIpc) is 3.09. The molecule has 182 valence electrons. The van der Waals surface area contributed by atoms with Crippen LogP contribution in [0.3, 0.4) is 0 Å². The molecule has 0 bridgehead atoms. The molecule has 0 saturated carbocycles. The molecule has 34 heavy (non-hydrogen) atoms. The third kappa shape index (κ3) is 5.88. The molecule has 8 nitrogen and oxygen atoms in total. The largest absolute Gasteiger partial charge is 0.497 e. The quantitative estimate of drug-likeness (QED) is 0.350. The van der Waals surface area contributed by atoms with Crippen molar-refractivity contribution in [3.8, 4) is 17.2 Å². The lowest BCUT2D eigenvalue weighted by Crippen LogP contribution is -2.34. The van der Waals surface area contributed by atoms with Gasteiger partial charge in [0.05, 0.1) is 26.9 Å². The van der Waals surface area contributed by atoms with E-state index in [9.17, 15) is 9.59 Å². The van der Waals surface area contributed by atoms with Crippen LogP contribution in [0.5, 0.6) is 17.2 Å². The first-order chi connectivity index (χ1) is 16.5. The van der Waals surface area contributed by atoms with Gasteiger partial charge in [-0.2, -0.15) is 0 Å². The molecular formula is C26H32N2O6. The Labute approximate surface area is 200 Å². The standard InChI is InChI=1S/C26H32N2O6/c1-5-6-13-34-14-7-12-28-25(29)23(18-8-10-20(31-2)11-9-18)24(26(28)30)27-19-15-21(32-3)17-22(16-19)33-4/h8-11,15-17,27H,5-7,12-14H2,1-4H3. The molecule has 0 aromatic heterocycles. The smallest absolute Gasteiger partial charge is 0.278 e. The molecule has 1 aliphatic heterocycles. The number of benzene rings is 2. The van der Waals surface area contributed by atoms with Crippen LogP contribution in [-0.4, -0.2) is 57.8 Å². The van der Waals surface area contributed by atoms with Crippen molar-refractivity contribution in [2.75, 3.05) is 46.4 Å². The summed E-state index contributed by atoms with van der Waals surface area (Å²) >= 11 is 0. The molecule has 1 heterocycles. The molecule has 0 unspecified atom stereocenters. The third-order valence-electron chi connectivity index (χ3n) is 5.48. The van der Waals surface area contributed by atoms with Crippen molar-refractivity contribution >= 4 is 23.1 Å². The number of carbonyl (C=O) groups is 2. The second-order valence-corrected chi connectivity index (χ2v) is 7.79. The van der Waals surface area contributed by atoms with E-state index >= 15 is 0 Å². The Bertz CT molecular complexity index is 1010. The molecule has 0 spiro atoms. The van der Waals surface area contributed by atoms with Crippen LogP contribution in [0.4, 0.5) is 5.69 Å². The number of carbonyl (C=O) groups excluding carboxylic acids is 2. The van der Waals surface area contributed by atoms with Crippen LogP contribution in [0.25, 0.3) is 5.57 Å². The molecule has 2 amide bonds. The number of nitrogens with one attached hydrogen (secondary N) is 1. The summed E-state index contributed by atoms with van der Waals surface area (Å²) in [7, 11) is 4.68. The lowest BCUT2D eigenvalue weighted by molar-refractivity contribution is -0.137. The molecule has 3 rings (SSSR count). The molecule has 0 saturated heterocycles. The maximum absolute atomic E-state index is 13.4. The first-order valence-electron chi connectivity index (χ1n) is 11.3. The number of amides is 2. The Morgan fingerprint density at radius 3 is 2.00 bits per heavy atom. The van der Waals surface area contributed by atoms with Gasteiger partial charge in [-0.25, -0.2) is 0 Å². The Morgan fingerprint density at radius 1 is 0.794 bits per heavy atom. The molecule has 1 N–H and O–H groups in total. The fourth-order valence-electron chi connectivity index (χ4n) is 3.62. The van der Waals surface area contributed by atoms with Crippen molar-refractivity contribution in [1.82, 2.24) is 4.90 Å². The number of methoxy groups -OCH3 is 3. The molecule has 0 atom stereocenters. The zero-order chi connectivity index (χ0) is 24.5. The zero-order valence-corrected chi connectivity index (χ0v) is 20.2. The van der Waals surface area contributed by atoms with Crippen molar-refractivity contribution in [1.29, 1.82) is 0 Å². The van der Waals surface area contributed by atoms with Crippen LogP contribution in [-0.2, 0) is 14.3 Å². The SMILES string of the molecule is CCCCOCCCN1C(=O)C(Nc2cc(OC)cc(OC)c2)=C(c2ccc(OC)cc2)C1=O. The highest BCUT2D eigenvalue weighted by molar-refractivity contribution is 6.36. The molecule has 2 aromatic carbocycles. The summed E-state index contributed by atoms with van der Waals surface area (Å²) in [5, 5.41) is 3.14. The van der Waals surface area contributed by atoms with Gasteiger partial charge in [0.2, 0.25) is 0 Å². The molecule has 0 radical (unpaired) electrons. The number of hydrogen-bond acceptors (Lipinski definition) is 7. The lowest BCUT2D eigenvalue weighted by Gasteiger charge is -2.15. The molecule has 8 heteroatoms. The van der Waals surface area contributed by atoms with E-state index < -0.39 is 0 Å². The van der Waals surface area contributed by atoms with Crippen molar-refractivity contribution in [3.63, 3.8) is 0 Å². The van der Waals surface area contributed by atoms with Crippen LogP contribution < -0.4 is 19.5 Å². The van der Waals surface area contributed by atoms with Gasteiger partial charge in [-0.3, -0.25) is 14.5 Å². The van der Waals surface area contributed by atoms with Crippen molar-refractivity contribution in [2.45, 2.75) is 26.2 Å². The Balaban J connectivity index is 1.89. The van der Waals surface area contributed by atoms with Crippen LogP contribution in [0, 0.1) is 0 Å². The maximum atomic E-state index is 13.4. The van der Waals surface area contributed by atoms with Gasteiger partial charge in [-0.05, 0) is 30.5 Å². The topological polar surface area (TPSA) is 86.3 Å². The number of imide groups is 1. The number of rotatable bonds is 13. The van der Waals surface area contributed by atoms with Crippen molar-refractivity contribution in [3.05, 3.63) is 53.7 Å². The second kappa shape index (κ2) is 12.1. The van der Waals surface area contributed by atoms with E-state index in [2.05, 4.69) is 12.2 Å². The number of unbranched alkanes of at least 4 members (excludes halogenated alkanes) is 1. The van der Waals surface area contributed by atoms with Gasteiger partial charge in [-0.1, -0.05) is 25.5 Å². The van der Waals surface area contributed by atoms with Crippen LogP contribution in [0.2, 0.25) is 0 Å². The zero-order valence-electron chi connectivity index (χ0n) is 20.2. The summed E-state index contributed by atoms with van der Waals surface area (Å²) in [5.74, 6) is 1.05. The van der Waals surface area contributed by atoms with E-state index in [1.807, 2.05) is 0 Å². The van der Waals surface area contributed by atoms with Gasteiger partial charge < -0.3 is 24.3 Å². The van der Waals surface area contributed by atoms with Gasteiger partial charge in [0.25, 0.3) is 11.8 Å². The highest BCUT2D eigenvalue weighted by atomic mass is 16.5. The fraction of sp³-hybridized carbons (Fsp3) is 0.385. The summed E-state index contributed by atoms with van der Waals surface area (Å²) in [5.41, 5.74) is 1.71. The number of nitrogens with zero attached hydrogens (tertiary/aromatic N) is 1. The van der Waals surface area contributed by atoms with Crippen LogP contribution >= 0.6 is 0 Å². The number of hydrogen-bond donors (Lipinski definition) is 1. The summed E-state index contributed by atoms with van der Waals surface area (Å²) in [6, 6.07) is 12.3. The fourth-order valence-corrected chi connectivity index (χ4v) is 3.62. The van der Waals surface area contributed by atoms with Crippen LogP contribution in [0.1, 0.15) is 31.7 Å². The van der Waals surface area contributed by atoms with Gasteiger partial charge in [-0.15, -0.1) is 0 Å². The van der Waals surface area contributed by atoms with Gasteiger partial charge >= 0.3 is 0 Å². The minimum absolute atomic E-state index is 0.206. The Morgan fingerprint density at radius 2 is 1.41 bits per heavy atom. The first kappa shape index (κ1) is 25.1. The lowest BCUT2D eigenvalue weighted by atomic mass is 10.0. The van der Waals surface area contributed by atoms with E-state index in [4.69, 9.17) is 18.9 Å². The van der Waals surface area contributed by atoms with Gasteiger partial charge in [0.1, 0.15) is 22.9 Å². The molecule has 2 aromatic rings. The van der Waals surface area contributed by atoms with Crippen molar-refractivity contribution in [2.24, 2.45) is 0 Å². The minimum Gasteiger partial charge on any atom is -0.497 e. The summed E-state index contributed by atoms with van der Waals surface area (Å²) in [4.78, 5) is 28.0. The molecule has 0 fully saturated rings. The summed E-state index contributed by atoms with van der Waals surface area (Å²) in [6.07, 6.45) is 2.61. The summed E-state index contributed by atoms with van der Waals surface area (Å²) in [6.45, 7) is 3.54. The van der Waals surface area contributed by atoms with E-state index in [0.717, 1.165) is 12.8 Å². The van der Waals surface area contributed by atoms with Crippen LogP contribution in [0.15, 0.2) is 48.2 Å². The van der Waals surface area contributed by atoms with Gasteiger partial charge in [0.15, 0.2) is 0 Å². The maximum Gasteiger partial charge on any atom is 0.278 e. The van der Waals surface area contributed by atoms with Crippen molar-refractivity contribution < 1.29 is 28.5 Å². The number of ether oxygens (including phenoxy) is 4. The van der Waals surface area contributed by atoms with E-state index in [1.54, 1.807) is 63.8 Å². The predicted octanol–water partition coefficient (Wildman–Crippen LogP) is 4.11. The average molecular weight is 469 g/mol. The first-order valence-corrected chi connectivity index (χ1v) is 11.3. The van der Waals surface area contributed by atoms with E-state index in [1.165, 1.54) is 4.90 Å². The molecule has 0 aliphatic carbocycles. The van der Waals surface area contributed by atoms with E-state index in [-0.39, 0.29) is 24.1 Å². The Kier molecular flexibility index (Phi) is 8.93. The Hall–Kier alpha value is -3.52. The second-order valence-electron chi connectivity index (χ2n) is 7.79. The predicted molar refractivity (Wildman–Crippen MR) is 130 cm³/mol. The van der Waals surface area contributed by atoms with Gasteiger partial charge in [0, 0.05) is 43.6 Å². The molecular weight excluding hydrogens is 436 g/mol. The monoisotopic (exact) mass is 468 g/mol. The minimum atomic E-state index is -0.383. The number of anilines is 1. The summed E-state index contributed by atoms with van der Waals surface area (Å²) < 4.78 is 21.5. The highest BCUT2D eigenvalue weighted by Gasteiger charge is 2.39. The highest BCUT2D eigenvalue weighted by Crippen LogP contribution is 2.33. The normalized spacial score (nSPS) is 13.5. The van der Waals surface area contributed by atoms with E-state index in [0.29, 0.717) is 53.7 Å².